The van der Waals surface area contributed by atoms with Crippen LogP contribution in [0.2, 0.25) is 10.0 Å². The largest absolute Gasteiger partial charge is 0.489 e. The molecular formula is C13H10BCl2NO3. The van der Waals surface area contributed by atoms with Crippen molar-refractivity contribution in [3.8, 4) is 0 Å². The van der Waals surface area contributed by atoms with Crippen LogP contribution >= 0.6 is 23.2 Å². The number of carbonyl (C=O) groups excluding carboxylic acids is 1. The summed E-state index contributed by atoms with van der Waals surface area (Å²) >= 11 is 11.6. The van der Waals surface area contributed by atoms with Crippen LogP contribution < -0.4 is 10.8 Å². The Labute approximate surface area is 126 Å². The Morgan fingerprint density at radius 2 is 1.70 bits per heavy atom. The topological polar surface area (TPSA) is 69.6 Å². The number of halogens is 2. The lowest BCUT2D eigenvalue weighted by atomic mass is 9.79. The second-order valence-electron chi connectivity index (χ2n) is 4.07. The standard InChI is InChI=1S/C13H10BCl2NO3/c15-9-2-4-10(5-3-9)17-13(18)8-1-6-12(16)11(7-8)14(19)20/h1-7,19-20H,(H,17,18). The van der Waals surface area contributed by atoms with Crippen LogP contribution in [0, 0.1) is 0 Å². The molecule has 0 radical (unpaired) electrons. The maximum absolute atomic E-state index is 12.0. The van der Waals surface area contributed by atoms with Gasteiger partial charge in [0.05, 0.1) is 0 Å². The number of anilines is 1. The molecule has 0 aliphatic carbocycles. The third-order valence-corrected chi connectivity index (χ3v) is 3.23. The summed E-state index contributed by atoms with van der Waals surface area (Å²) in [4.78, 5) is 12.0. The average Bonchev–Trinajstić information content (AvgIpc) is 2.41. The van der Waals surface area contributed by atoms with E-state index in [1.807, 2.05) is 0 Å². The summed E-state index contributed by atoms with van der Waals surface area (Å²) in [6, 6.07) is 10.9. The molecule has 0 aliphatic rings. The van der Waals surface area contributed by atoms with Gasteiger partial charge in [0.1, 0.15) is 0 Å². The molecule has 0 saturated carbocycles. The van der Waals surface area contributed by atoms with Gasteiger partial charge in [0.25, 0.3) is 5.91 Å². The van der Waals surface area contributed by atoms with Crippen molar-refractivity contribution in [3.05, 3.63) is 58.1 Å². The molecule has 4 nitrogen and oxygen atoms in total. The molecule has 3 N–H and O–H groups in total. The molecule has 0 fully saturated rings. The van der Waals surface area contributed by atoms with Crippen molar-refractivity contribution in [2.75, 3.05) is 5.32 Å². The number of carbonyl (C=O) groups is 1. The van der Waals surface area contributed by atoms with Crippen molar-refractivity contribution >= 4 is 47.4 Å². The number of hydrogen-bond acceptors (Lipinski definition) is 3. The summed E-state index contributed by atoms with van der Waals surface area (Å²) < 4.78 is 0. The monoisotopic (exact) mass is 309 g/mol. The first-order valence-electron chi connectivity index (χ1n) is 5.70. The van der Waals surface area contributed by atoms with Crippen LogP contribution in [0.15, 0.2) is 42.5 Å². The minimum atomic E-state index is -1.73. The fourth-order valence-electron chi connectivity index (χ4n) is 1.62. The Bertz CT molecular complexity index is 632. The molecule has 0 spiro atoms. The minimum Gasteiger partial charge on any atom is -0.423 e. The summed E-state index contributed by atoms with van der Waals surface area (Å²) in [5, 5.41) is 21.7. The normalized spacial score (nSPS) is 10.2. The van der Waals surface area contributed by atoms with E-state index < -0.39 is 7.12 Å². The molecule has 0 aliphatic heterocycles. The van der Waals surface area contributed by atoms with Crippen LogP contribution in [0.25, 0.3) is 0 Å². The van der Waals surface area contributed by atoms with E-state index >= 15 is 0 Å². The van der Waals surface area contributed by atoms with Crippen molar-refractivity contribution in [1.29, 1.82) is 0 Å². The molecule has 2 aromatic rings. The first kappa shape index (κ1) is 14.9. The molecule has 0 heterocycles. The first-order chi connectivity index (χ1) is 9.47. The van der Waals surface area contributed by atoms with Crippen molar-refractivity contribution in [2.45, 2.75) is 0 Å². The van der Waals surface area contributed by atoms with Crippen LogP contribution in [-0.4, -0.2) is 23.1 Å². The highest BCUT2D eigenvalue weighted by Crippen LogP contribution is 2.15. The van der Waals surface area contributed by atoms with Gasteiger partial charge in [0, 0.05) is 26.8 Å². The Kier molecular flexibility index (Phi) is 4.67. The van der Waals surface area contributed by atoms with Gasteiger partial charge in [-0.2, -0.15) is 0 Å². The Hall–Kier alpha value is -1.53. The number of nitrogens with one attached hydrogen (secondary N) is 1. The van der Waals surface area contributed by atoms with E-state index in [2.05, 4.69) is 5.32 Å². The summed E-state index contributed by atoms with van der Waals surface area (Å²) in [6.07, 6.45) is 0. The molecular weight excluding hydrogens is 300 g/mol. The smallest absolute Gasteiger partial charge is 0.423 e. The Morgan fingerprint density at radius 1 is 1.05 bits per heavy atom. The maximum atomic E-state index is 12.0. The third-order valence-electron chi connectivity index (χ3n) is 2.64. The lowest BCUT2D eigenvalue weighted by molar-refractivity contribution is 0.102. The van der Waals surface area contributed by atoms with Gasteiger partial charge in [-0.15, -0.1) is 0 Å². The summed E-state index contributed by atoms with van der Waals surface area (Å²) in [7, 11) is -1.73. The van der Waals surface area contributed by atoms with Crippen molar-refractivity contribution in [1.82, 2.24) is 0 Å². The Morgan fingerprint density at radius 3 is 2.30 bits per heavy atom. The zero-order valence-corrected chi connectivity index (χ0v) is 11.7. The van der Waals surface area contributed by atoms with Gasteiger partial charge < -0.3 is 15.4 Å². The molecule has 2 aromatic carbocycles. The fourth-order valence-corrected chi connectivity index (χ4v) is 1.96. The molecule has 0 aromatic heterocycles. The molecule has 0 atom stereocenters. The zero-order chi connectivity index (χ0) is 14.7. The van der Waals surface area contributed by atoms with Gasteiger partial charge in [0.15, 0.2) is 0 Å². The molecule has 2 rings (SSSR count). The van der Waals surface area contributed by atoms with E-state index in [-0.39, 0.29) is 22.0 Å². The van der Waals surface area contributed by atoms with E-state index in [0.717, 1.165) is 0 Å². The molecule has 7 heteroatoms. The zero-order valence-electron chi connectivity index (χ0n) is 10.2. The number of hydrogen-bond donors (Lipinski definition) is 3. The van der Waals surface area contributed by atoms with E-state index in [1.54, 1.807) is 24.3 Å². The highest BCUT2D eigenvalue weighted by molar-refractivity contribution is 6.62. The fraction of sp³-hybridized carbons (Fsp3) is 0. The van der Waals surface area contributed by atoms with Gasteiger partial charge in [-0.3, -0.25) is 4.79 Å². The number of amides is 1. The van der Waals surface area contributed by atoms with E-state index in [9.17, 15) is 4.79 Å². The molecule has 0 unspecified atom stereocenters. The van der Waals surface area contributed by atoms with E-state index in [1.165, 1.54) is 18.2 Å². The van der Waals surface area contributed by atoms with Crippen LogP contribution in [-0.2, 0) is 0 Å². The van der Waals surface area contributed by atoms with Crippen molar-refractivity contribution < 1.29 is 14.8 Å². The summed E-state index contributed by atoms with van der Waals surface area (Å²) in [5.74, 6) is -0.383. The molecule has 0 saturated heterocycles. The van der Waals surface area contributed by atoms with E-state index in [0.29, 0.717) is 10.7 Å². The summed E-state index contributed by atoms with van der Waals surface area (Å²) in [5.41, 5.74) is 0.934. The molecule has 102 valence electrons. The van der Waals surface area contributed by atoms with Gasteiger partial charge in [-0.25, -0.2) is 0 Å². The predicted octanol–water partition coefficient (Wildman–Crippen LogP) is 1.93. The minimum absolute atomic E-state index is 0.0791. The van der Waals surface area contributed by atoms with Crippen LogP contribution in [0.5, 0.6) is 0 Å². The average molecular weight is 310 g/mol. The lowest BCUT2D eigenvalue weighted by Gasteiger charge is -2.08. The van der Waals surface area contributed by atoms with Crippen LogP contribution in [0.4, 0.5) is 5.69 Å². The second kappa shape index (κ2) is 6.28. The van der Waals surface area contributed by atoms with Crippen LogP contribution in [0.1, 0.15) is 10.4 Å². The van der Waals surface area contributed by atoms with Gasteiger partial charge >= 0.3 is 7.12 Å². The van der Waals surface area contributed by atoms with Crippen LogP contribution in [0.3, 0.4) is 0 Å². The predicted molar refractivity (Wildman–Crippen MR) is 80.7 cm³/mol. The quantitative estimate of drug-likeness (QED) is 0.759. The lowest BCUT2D eigenvalue weighted by Crippen LogP contribution is -2.31. The van der Waals surface area contributed by atoms with Crippen molar-refractivity contribution in [3.63, 3.8) is 0 Å². The number of rotatable bonds is 3. The second-order valence-corrected chi connectivity index (χ2v) is 4.91. The van der Waals surface area contributed by atoms with Gasteiger partial charge in [0.2, 0.25) is 0 Å². The highest BCUT2D eigenvalue weighted by atomic mass is 35.5. The first-order valence-corrected chi connectivity index (χ1v) is 6.45. The van der Waals surface area contributed by atoms with Gasteiger partial charge in [-0.1, -0.05) is 23.2 Å². The molecule has 20 heavy (non-hydrogen) atoms. The highest BCUT2D eigenvalue weighted by Gasteiger charge is 2.17. The third kappa shape index (κ3) is 3.52. The molecule has 0 bridgehead atoms. The van der Waals surface area contributed by atoms with Gasteiger partial charge in [-0.05, 0) is 42.5 Å². The van der Waals surface area contributed by atoms with Crippen molar-refractivity contribution in [2.24, 2.45) is 0 Å². The maximum Gasteiger partial charge on any atom is 0.489 e. The Balaban J connectivity index is 2.21. The molecule has 1 amide bonds. The number of benzene rings is 2. The van der Waals surface area contributed by atoms with E-state index in [4.69, 9.17) is 33.2 Å². The summed E-state index contributed by atoms with van der Waals surface area (Å²) in [6.45, 7) is 0. The SMILES string of the molecule is O=C(Nc1ccc(Cl)cc1)c1ccc(Cl)c(B(O)O)c1.